The second kappa shape index (κ2) is 5.23. The van der Waals surface area contributed by atoms with Crippen molar-refractivity contribution in [3.8, 4) is 0 Å². The van der Waals surface area contributed by atoms with Crippen LogP contribution in [0.4, 0.5) is 11.4 Å². The van der Waals surface area contributed by atoms with Crippen molar-refractivity contribution in [2.24, 2.45) is 10.2 Å². The molecule has 18 heavy (non-hydrogen) atoms. The van der Waals surface area contributed by atoms with Gasteiger partial charge in [-0.2, -0.15) is 10.2 Å². The smallest absolute Gasteiger partial charge is 0.335 e. The summed E-state index contributed by atoms with van der Waals surface area (Å²) in [7, 11) is 0. The third-order valence-corrected chi connectivity index (χ3v) is 2.49. The molecule has 0 aliphatic heterocycles. The van der Waals surface area contributed by atoms with Gasteiger partial charge in [0, 0.05) is 0 Å². The molecule has 0 spiro atoms. The number of rotatable bonds is 3. The molecule has 0 atom stereocenters. The molecular weight excluding hydrogens is 228 g/mol. The van der Waals surface area contributed by atoms with Crippen LogP contribution in [0.5, 0.6) is 0 Å². The minimum absolute atomic E-state index is 0.211. The molecule has 2 rings (SSSR count). The average molecular weight is 240 g/mol. The quantitative estimate of drug-likeness (QED) is 0.820. The van der Waals surface area contributed by atoms with Crippen molar-refractivity contribution in [3.05, 3.63) is 59.7 Å². The summed E-state index contributed by atoms with van der Waals surface area (Å²) >= 11 is 0. The van der Waals surface area contributed by atoms with Gasteiger partial charge in [0.25, 0.3) is 0 Å². The molecule has 0 bridgehead atoms. The molecule has 0 fully saturated rings. The van der Waals surface area contributed by atoms with Gasteiger partial charge in [-0.05, 0) is 36.8 Å². The van der Waals surface area contributed by atoms with Gasteiger partial charge in [0.1, 0.15) is 0 Å². The average Bonchev–Trinajstić information content (AvgIpc) is 2.38. The van der Waals surface area contributed by atoms with E-state index < -0.39 is 5.97 Å². The molecule has 90 valence electrons. The SMILES string of the molecule is Cc1ccc(C(=O)O)cc1N=Nc1ccccc1. The molecule has 0 heterocycles. The van der Waals surface area contributed by atoms with Crippen LogP contribution in [-0.2, 0) is 0 Å². The lowest BCUT2D eigenvalue weighted by Crippen LogP contribution is -1.95. The number of hydrogen-bond acceptors (Lipinski definition) is 3. The first-order valence-electron chi connectivity index (χ1n) is 5.47. The Morgan fingerprint density at radius 3 is 2.44 bits per heavy atom. The highest BCUT2D eigenvalue weighted by molar-refractivity contribution is 5.88. The Morgan fingerprint density at radius 2 is 1.78 bits per heavy atom. The molecule has 0 aromatic heterocycles. The summed E-state index contributed by atoms with van der Waals surface area (Å²) < 4.78 is 0. The minimum Gasteiger partial charge on any atom is -0.478 e. The summed E-state index contributed by atoms with van der Waals surface area (Å²) in [6.07, 6.45) is 0. The molecular formula is C14H12N2O2. The second-order valence-corrected chi connectivity index (χ2v) is 3.84. The highest BCUT2D eigenvalue weighted by Gasteiger charge is 2.05. The zero-order valence-electron chi connectivity index (χ0n) is 9.87. The van der Waals surface area contributed by atoms with E-state index in [1.807, 2.05) is 37.3 Å². The Kier molecular flexibility index (Phi) is 3.48. The maximum atomic E-state index is 10.9. The topological polar surface area (TPSA) is 62.0 Å². The summed E-state index contributed by atoms with van der Waals surface area (Å²) in [5.74, 6) is -0.967. The molecule has 0 unspecified atom stereocenters. The lowest BCUT2D eigenvalue weighted by molar-refractivity contribution is 0.0697. The summed E-state index contributed by atoms with van der Waals surface area (Å²) in [4.78, 5) is 10.9. The third-order valence-electron chi connectivity index (χ3n) is 2.49. The lowest BCUT2D eigenvalue weighted by Gasteiger charge is -2.00. The van der Waals surface area contributed by atoms with Gasteiger partial charge in [-0.25, -0.2) is 4.79 Å². The summed E-state index contributed by atoms with van der Waals surface area (Å²) in [5, 5.41) is 17.1. The highest BCUT2D eigenvalue weighted by atomic mass is 16.4. The van der Waals surface area contributed by atoms with Crippen LogP contribution in [-0.4, -0.2) is 11.1 Å². The number of aromatic carboxylic acids is 1. The Balaban J connectivity index is 2.31. The van der Waals surface area contributed by atoms with Crippen molar-refractivity contribution in [2.75, 3.05) is 0 Å². The summed E-state index contributed by atoms with van der Waals surface area (Å²) in [6, 6.07) is 14.1. The molecule has 0 aliphatic carbocycles. The predicted molar refractivity (Wildman–Crippen MR) is 68.8 cm³/mol. The van der Waals surface area contributed by atoms with E-state index in [0.717, 1.165) is 11.3 Å². The first-order chi connectivity index (χ1) is 8.66. The zero-order chi connectivity index (χ0) is 13.0. The van der Waals surface area contributed by atoms with Crippen LogP contribution in [0.25, 0.3) is 0 Å². The van der Waals surface area contributed by atoms with E-state index in [4.69, 9.17) is 5.11 Å². The van der Waals surface area contributed by atoms with E-state index in [0.29, 0.717) is 5.69 Å². The van der Waals surface area contributed by atoms with Crippen molar-refractivity contribution in [1.29, 1.82) is 0 Å². The number of nitrogens with zero attached hydrogens (tertiary/aromatic N) is 2. The molecule has 0 amide bonds. The molecule has 4 nitrogen and oxygen atoms in total. The number of azo groups is 1. The van der Waals surface area contributed by atoms with Crippen molar-refractivity contribution in [3.63, 3.8) is 0 Å². The number of carbonyl (C=O) groups is 1. The molecule has 2 aromatic rings. The molecule has 1 N–H and O–H groups in total. The van der Waals surface area contributed by atoms with Gasteiger partial charge in [0.2, 0.25) is 0 Å². The Morgan fingerprint density at radius 1 is 1.06 bits per heavy atom. The number of carboxylic acid groups (broad SMARTS) is 1. The van der Waals surface area contributed by atoms with E-state index in [1.165, 1.54) is 6.07 Å². The lowest BCUT2D eigenvalue weighted by atomic mass is 10.1. The number of benzene rings is 2. The van der Waals surface area contributed by atoms with Crippen LogP contribution in [0.2, 0.25) is 0 Å². The monoisotopic (exact) mass is 240 g/mol. The van der Waals surface area contributed by atoms with Gasteiger partial charge in [0.05, 0.1) is 16.9 Å². The minimum atomic E-state index is -0.967. The first kappa shape index (κ1) is 12.0. The zero-order valence-corrected chi connectivity index (χ0v) is 9.87. The van der Waals surface area contributed by atoms with Gasteiger partial charge >= 0.3 is 5.97 Å². The van der Waals surface area contributed by atoms with E-state index in [-0.39, 0.29) is 5.56 Å². The number of hydrogen-bond donors (Lipinski definition) is 1. The molecule has 2 aromatic carbocycles. The fraction of sp³-hybridized carbons (Fsp3) is 0.0714. The highest BCUT2D eigenvalue weighted by Crippen LogP contribution is 2.23. The second-order valence-electron chi connectivity index (χ2n) is 3.84. The standard InChI is InChI=1S/C14H12N2O2/c1-10-7-8-11(14(17)18)9-13(10)16-15-12-5-3-2-4-6-12/h2-9H,1H3,(H,17,18). The Hall–Kier alpha value is -2.49. The van der Waals surface area contributed by atoms with Crippen molar-refractivity contribution < 1.29 is 9.90 Å². The van der Waals surface area contributed by atoms with Crippen LogP contribution in [0.1, 0.15) is 15.9 Å². The summed E-state index contributed by atoms with van der Waals surface area (Å²) in [6.45, 7) is 1.87. The van der Waals surface area contributed by atoms with Gasteiger partial charge in [-0.3, -0.25) is 0 Å². The van der Waals surface area contributed by atoms with Crippen LogP contribution >= 0.6 is 0 Å². The predicted octanol–water partition coefficient (Wildman–Crippen LogP) is 4.11. The van der Waals surface area contributed by atoms with Crippen LogP contribution < -0.4 is 0 Å². The van der Waals surface area contributed by atoms with E-state index in [2.05, 4.69) is 10.2 Å². The van der Waals surface area contributed by atoms with E-state index >= 15 is 0 Å². The molecule has 4 heteroatoms. The van der Waals surface area contributed by atoms with Gasteiger partial charge in [-0.1, -0.05) is 24.3 Å². The maximum absolute atomic E-state index is 10.9. The fourth-order valence-electron chi connectivity index (χ4n) is 1.46. The fourth-order valence-corrected chi connectivity index (χ4v) is 1.46. The summed E-state index contributed by atoms with van der Waals surface area (Å²) in [5.41, 5.74) is 2.40. The molecule has 0 aliphatic rings. The van der Waals surface area contributed by atoms with Crippen LogP contribution in [0, 0.1) is 6.92 Å². The number of aryl methyl sites for hydroxylation is 1. The number of carboxylic acids is 1. The maximum Gasteiger partial charge on any atom is 0.335 e. The van der Waals surface area contributed by atoms with Crippen molar-refractivity contribution in [1.82, 2.24) is 0 Å². The van der Waals surface area contributed by atoms with E-state index in [9.17, 15) is 4.79 Å². The van der Waals surface area contributed by atoms with E-state index in [1.54, 1.807) is 12.1 Å². The normalized spacial score (nSPS) is 10.7. The van der Waals surface area contributed by atoms with Crippen molar-refractivity contribution >= 4 is 17.3 Å². The Bertz CT molecular complexity index is 592. The third kappa shape index (κ3) is 2.79. The van der Waals surface area contributed by atoms with Crippen LogP contribution in [0.15, 0.2) is 58.8 Å². The molecule has 0 radical (unpaired) electrons. The van der Waals surface area contributed by atoms with Crippen molar-refractivity contribution in [2.45, 2.75) is 6.92 Å². The molecule has 0 saturated heterocycles. The Labute approximate surface area is 105 Å². The van der Waals surface area contributed by atoms with Gasteiger partial charge in [-0.15, -0.1) is 0 Å². The first-order valence-corrected chi connectivity index (χ1v) is 5.47. The molecule has 0 saturated carbocycles. The largest absolute Gasteiger partial charge is 0.478 e. The van der Waals surface area contributed by atoms with Gasteiger partial charge in [0.15, 0.2) is 0 Å². The van der Waals surface area contributed by atoms with Gasteiger partial charge < -0.3 is 5.11 Å². The van der Waals surface area contributed by atoms with Crippen LogP contribution in [0.3, 0.4) is 0 Å².